The summed E-state index contributed by atoms with van der Waals surface area (Å²) in [5.41, 5.74) is 2.77. The maximum atomic E-state index is 6.16. The third kappa shape index (κ3) is 2.85. The summed E-state index contributed by atoms with van der Waals surface area (Å²) in [7, 11) is -0.426. The van der Waals surface area contributed by atoms with E-state index in [4.69, 9.17) is 14.3 Å². The van der Waals surface area contributed by atoms with Gasteiger partial charge in [-0.3, -0.25) is 0 Å². The van der Waals surface area contributed by atoms with E-state index in [2.05, 4.69) is 62.9 Å². The van der Waals surface area contributed by atoms with E-state index in [9.17, 15) is 0 Å². The van der Waals surface area contributed by atoms with Gasteiger partial charge in [0.25, 0.3) is 0 Å². The molecule has 1 saturated heterocycles. The monoisotopic (exact) mass is 336 g/mol. The van der Waals surface area contributed by atoms with E-state index in [1.807, 2.05) is 12.1 Å². The summed E-state index contributed by atoms with van der Waals surface area (Å²) in [6.07, 6.45) is 2.27. The van der Waals surface area contributed by atoms with E-state index < -0.39 is 7.12 Å². The summed E-state index contributed by atoms with van der Waals surface area (Å²) in [4.78, 5) is 7.18. The molecule has 4 nitrogen and oxygen atoms in total. The summed E-state index contributed by atoms with van der Waals surface area (Å²) >= 11 is 0. The molecule has 0 spiro atoms. The molecule has 4 rings (SSSR count). The summed E-state index contributed by atoms with van der Waals surface area (Å²) in [5, 5.41) is 0. The minimum absolute atomic E-state index is 0.354. The fraction of sp³-hybridized carbons (Fsp3) is 0.450. The maximum absolute atomic E-state index is 6.16. The molecule has 25 heavy (non-hydrogen) atoms. The van der Waals surface area contributed by atoms with Gasteiger partial charge in [-0.25, -0.2) is 4.98 Å². The van der Waals surface area contributed by atoms with Gasteiger partial charge in [-0.05, 0) is 64.3 Å². The van der Waals surface area contributed by atoms with Crippen LogP contribution in [0.15, 0.2) is 42.5 Å². The zero-order chi connectivity index (χ0) is 17.7. The highest BCUT2D eigenvalue weighted by Gasteiger charge is 2.52. The molecule has 0 unspecified atom stereocenters. The lowest BCUT2D eigenvalue weighted by molar-refractivity contribution is 0.00578. The molecule has 2 aliphatic rings. The second-order valence-electron chi connectivity index (χ2n) is 7.89. The topological polar surface area (TPSA) is 34.6 Å². The average Bonchev–Trinajstić information content (AvgIpc) is 2.82. The molecule has 0 amide bonds. The summed E-state index contributed by atoms with van der Waals surface area (Å²) in [6.45, 7) is 9.25. The molecule has 2 aromatic rings. The Morgan fingerprint density at radius 3 is 2.44 bits per heavy atom. The van der Waals surface area contributed by atoms with Crippen LogP contribution in [0.5, 0.6) is 0 Å². The van der Waals surface area contributed by atoms with Crippen LogP contribution in [0.25, 0.3) is 0 Å². The second-order valence-corrected chi connectivity index (χ2v) is 7.89. The van der Waals surface area contributed by atoms with Crippen molar-refractivity contribution in [3.05, 3.63) is 48.0 Å². The first kappa shape index (κ1) is 16.6. The molecule has 130 valence electrons. The lowest BCUT2D eigenvalue weighted by atomic mass is 9.84. The van der Waals surface area contributed by atoms with Crippen LogP contribution >= 0.6 is 0 Å². The molecule has 0 N–H and O–H groups in total. The van der Waals surface area contributed by atoms with Gasteiger partial charge in [-0.2, -0.15) is 0 Å². The molecule has 0 aliphatic carbocycles. The van der Waals surface area contributed by atoms with Crippen molar-refractivity contribution in [2.45, 2.75) is 51.7 Å². The fourth-order valence-electron chi connectivity index (χ4n) is 3.46. The molecule has 1 fully saturated rings. The highest BCUT2D eigenvalue weighted by molar-refractivity contribution is 6.61. The third-order valence-electron chi connectivity index (χ3n) is 5.64. The lowest BCUT2D eigenvalue weighted by Gasteiger charge is -2.32. The number of hydrogen-bond donors (Lipinski definition) is 0. The minimum Gasteiger partial charge on any atom is -0.398 e. The molecule has 1 aromatic heterocycles. The SMILES string of the molecule is CC1(C)OB(c2cccc(N3CCCc4ccccc43)n2)OC1(C)C. The number of rotatable bonds is 2. The first-order valence-electron chi connectivity index (χ1n) is 9.05. The highest BCUT2D eigenvalue weighted by atomic mass is 16.7. The Hall–Kier alpha value is -1.85. The van der Waals surface area contributed by atoms with Gasteiger partial charge in [0.2, 0.25) is 0 Å². The van der Waals surface area contributed by atoms with Crippen LogP contribution in [0.3, 0.4) is 0 Å². The zero-order valence-electron chi connectivity index (χ0n) is 15.5. The van der Waals surface area contributed by atoms with Gasteiger partial charge in [0, 0.05) is 12.2 Å². The quantitative estimate of drug-likeness (QED) is 0.787. The summed E-state index contributed by atoms with van der Waals surface area (Å²) in [5.74, 6) is 0.958. The molecular weight excluding hydrogens is 311 g/mol. The number of aromatic nitrogens is 1. The number of aryl methyl sites for hydroxylation is 1. The van der Waals surface area contributed by atoms with E-state index >= 15 is 0 Å². The predicted octanol–water partition coefficient (Wildman–Crippen LogP) is 3.47. The normalized spacial score (nSPS) is 21.3. The van der Waals surface area contributed by atoms with Crippen molar-refractivity contribution >= 4 is 24.2 Å². The first-order valence-corrected chi connectivity index (χ1v) is 9.05. The predicted molar refractivity (Wildman–Crippen MR) is 102 cm³/mol. The molecule has 1 aromatic carbocycles. The maximum Gasteiger partial charge on any atom is 0.514 e. The largest absolute Gasteiger partial charge is 0.514 e. The van der Waals surface area contributed by atoms with Crippen molar-refractivity contribution in [1.82, 2.24) is 4.98 Å². The molecule has 3 heterocycles. The van der Waals surface area contributed by atoms with Crippen LogP contribution < -0.4 is 10.5 Å². The van der Waals surface area contributed by atoms with Crippen molar-refractivity contribution < 1.29 is 9.31 Å². The van der Waals surface area contributed by atoms with Crippen molar-refractivity contribution in [3.63, 3.8) is 0 Å². The molecular formula is C20H25BN2O2. The zero-order valence-corrected chi connectivity index (χ0v) is 15.5. The molecule has 0 atom stereocenters. The van der Waals surface area contributed by atoms with E-state index in [0.29, 0.717) is 0 Å². The number of para-hydroxylation sites is 1. The van der Waals surface area contributed by atoms with Crippen LogP contribution in [-0.4, -0.2) is 29.8 Å². The number of pyridine rings is 1. The van der Waals surface area contributed by atoms with E-state index in [1.165, 1.54) is 11.3 Å². The number of benzene rings is 1. The van der Waals surface area contributed by atoms with E-state index in [-0.39, 0.29) is 11.2 Å². The van der Waals surface area contributed by atoms with E-state index in [1.54, 1.807) is 0 Å². The molecule has 0 saturated carbocycles. The Morgan fingerprint density at radius 2 is 1.68 bits per heavy atom. The number of fused-ring (bicyclic) bond motifs is 1. The number of hydrogen-bond acceptors (Lipinski definition) is 4. The van der Waals surface area contributed by atoms with Crippen molar-refractivity contribution in [2.24, 2.45) is 0 Å². The fourth-order valence-corrected chi connectivity index (χ4v) is 3.46. The number of anilines is 2. The van der Waals surface area contributed by atoms with Crippen molar-refractivity contribution in [1.29, 1.82) is 0 Å². The van der Waals surface area contributed by atoms with Gasteiger partial charge in [0.05, 0.1) is 16.8 Å². The van der Waals surface area contributed by atoms with Gasteiger partial charge in [0.1, 0.15) is 5.82 Å². The minimum atomic E-state index is -0.426. The summed E-state index contributed by atoms with van der Waals surface area (Å²) in [6, 6.07) is 14.7. The smallest absolute Gasteiger partial charge is 0.398 e. The van der Waals surface area contributed by atoms with Gasteiger partial charge >= 0.3 is 7.12 Å². The standard InChI is InChI=1S/C20H25BN2O2/c1-19(2)20(3,4)25-21(24-19)17-12-7-13-18(22-17)23-14-8-10-15-9-5-6-11-16(15)23/h5-7,9,11-13H,8,10,14H2,1-4H3. The molecule has 2 aliphatic heterocycles. The van der Waals surface area contributed by atoms with Crippen molar-refractivity contribution in [2.75, 3.05) is 11.4 Å². The third-order valence-corrected chi connectivity index (χ3v) is 5.64. The summed E-state index contributed by atoms with van der Waals surface area (Å²) < 4.78 is 12.3. The van der Waals surface area contributed by atoms with Gasteiger partial charge in [0.15, 0.2) is 0 Å². The molecule has 5 heteroatoms. The van der Waals surface area contributed by atoms with Crippen LogP contribution in [0.1, 0.15) is 39.7 Å². The lowest BCUT2D eigenvalue weighted by Crippen LogP contribution is -2.41. The Morgan fingerprint density at radius 1 is 0.960 bits per heavy atom. The highest BCUT2D eigenvalue weighted by Crippen LogP contribution is 2.37. The van der Waals surface area contributed by atoms with Crippen LogP contribution in [0, 0.1) is 0 Å². The molecule has 0 radical (unpaired) electrons. The van der Waals surface area contributed by atoms with Gasteiger partial charge < -0.3 is 14.2 Å². The van der Waals surface area contributed by atoms with Crippen LogP contribution in [-0.2, 0) is 15.7 Å². The Balaban J connectivity index is 1.66. The van der Waals surface area contributed by atoms with E-state index in [0.717, 1.165) is 30.8 Å². The Bertz CT molecular complexity index is 775. The Kier molecular flexibility index (Phi) is 3.89. The Labute approximate surface area is 150 Å². The second kappa shape index (κ2) is 5.85. The molecule has 0 bridgehead atoms. The van der Waals surface area contributed by atoms with Crippen molar-refractivity contribution in [3.8, 4) is 0 Å². The van der Waals surface area contributed by atoms with Gasteiger partial charge in [-0.1, -0.05) is 24.3 Å². The average molecular weight is 336 g/mol. The first-order chi connectivity index (χ1) is 11.9. The van der Waals surface area contributed by atoms with Crippen LogP contribution in [0.4, 0.5) is 11.5 Å². The number of nitrogens with zero attached hydrogens (tertiary/aromatic N) is 2. The van der Waals surface area contributed by atoms with Gasteiger partial charge in [-0.15, -0.1) is 0 Å². The van der Waals surface area contributed by atoms with Crippen LogP contribution in [0.2, 0.25) is 0 Å².